The summed E-state index contributed by atoms with van der Waals surface area (Å²) in [7, 11) is 9.83. The van der Waals surface area contributed by atoms with Gasteiger partial charge in [-0.1, -0.05) is 38.5 Å². The molecule has 2 fully saturated rings. The molecular weight excluding hydrogens is 284 g/mol. The van der Waals surface area contributed by atoms with Crippen LogP contribution in [0.15, 0.2) is 0 Å². The summed E-state index contributed by atoms with van der Waals surface area (Å²) >= 11 is -0.706. The molecule has 0 atom stereocenters. The molecule has 2 radical (unpaired) electrons. The van der Waals surface area contributed by atoms with Crippen molar-refractivity contribution in [3.63, 3.8) is 0 Å². The summed E-state index contributed by atoms with van der Waals surface area (Å²) < 4.78 is 0. The van der Waals surface area contributed by atoms with E-state index in [1.54, 1.807) is 0 Å². The predicted octanol–water partition coefficient (Wildman–Crippen LogP) is 4.91. The van der Waals surface area contributed by atoms with Crippen LogP contribution in [-0.2, 0) is 17.6 Å². The Balaban J connectivity index is 0.000000174. The zero-order chi connectivity index (χ0) is 9.78. The van der Waals surface area contributed by atoms with Gasteiger partial charge in [0.15, 0.2) is 0 Å². The van der Waals surface area contributed by atoms with Crippen LogP contribution in [0.5, 0.6) is 0 Å². The average molecular weight is 302 g/mol. The second-order valence-corrected chi connectivity index (χ2v) is 6.57. The first-order valence-electron chi connectivity index (χ1n) is 4.99. The number of rotatable bonds is 0. The minimum absolute atomic E-state index is 0.706. The minimum atomic E-state index is -0.706. The van der Waals surface area contributed by atoms with Crippen molar-refractivity contribution in [3.05, 3.63) is 12.8 Å². The van der Waals surface area contributed by atoms with Gasteiger partial charge in [-0.15, -0.1) is 0 Å². The molecule has 0 bridgehead atoms. The van der Waals surface area contributed by atoms with Gasteiger partial charge >= 0.3 is 36.0 Å². The zero-order valence-electron chi connectivity index (χ0n) is 8.01. The summed E-state index contributed by atoms with van der Waals surface area (Å²) in [5.41, 5.74) is 0. The predicted molar refractivity (Wildman–Crippen MR) is 57.2 cm³/mol. The molecule has 2 saturated carbocycles. The maximum atomic E-state index is 4.91. The molecule has 0 unspecified atom stereocenters. The number of hydrogen-bond donors (Lipinski definition) is 0. The van der Waals surface area contributed by atoms with Gasteiger partial charge in [0.05, 0.1) is 0 Å². The summed E-state index contributed by atoms with van der Waals surface area (Å²) in [4.78, 5) is 0. The number of hydrogen-bond acceptors (Lipinski definition) is 0. The van der Waals surface area contributed by atoms with E-state index < -0.39 is 17.6 Å². The van der Waals surface area contributed by atoms with Crippen molar-refractivity contribution in [3.8, 4) is 0 Å². The van der Waals surface area contributed by atoms with Crippen LogP contribution in [0, 0.1) is 12.8 Å². The van der Waals surface area contributed by atoms with Gasteiger partial charge in [-0.05, 0) is 25.7 Å². The Bertz CT molecular complexity index is 55.8. The fourth-order valence-corrected chi connectivity index (χ4v) is 1.47. The molecule has 0 aromatic carbocycles. The van der Waals surface area contributed by atoms with Gasteiger partial charge in [-0.3, -0.25) is 0 Å². The van der Waals surface area contributed by atoms with Gasteiger partial charge in [0.25, 0.3) is 0 Å². The Hall–Kier alpha value is 1.32. The quantitative estimate of drug-likeness (QED) is 0.558. The van der Waals surface area contributed by atoms with Crippen molar-refractivity contribution in [2.45, 2.75) is 51.4 Å². The van der Waals surface area contributed by atoms with Gasteiger partial charge < -0.3 is 0 Å². The van der Waals surface area contributed by atoms with Crippen molar-refractivity contribution in [1.82, 2.24) is 0 Å². The molecule has 2 aliphatic rings. The van der Waals surface area contributed by atoms with Gasteiger partial charge in [0.1, 0.15) is 0 Å². The van der Waals surface area contributed by atoms with Crippen LogP contribution >= 0.6 is 18.4 Å². The summed E-state index contributed by atoms with van der Waals surface area (Å²) in [5, 5.41) is 0. The molecule has 0 saturated heterocycles. The molecule has 0 N–H and O–H groups in total. The summed E-state index contributed by atoms with van der Waals surface area (Å²) in [6.45, 7) is 0. The normalized spacial score (nSPS) is 19.5. The third-order valence-electron chi connectivity index (χ3n) is 2.16. The summed E-state index contributed by atoms with van der Waals surface area (Å²) in [6, 6.07) is 0. The van der Waals surface area contributed by atoms with Crippen LogP contribution in [0.25, 0.3) is 0 Å². The molecule has 0 nitrogen and oxygen atoms in total. The van der Waals surface area contributed by atoms with Gasteiger partial charge in [0, 0.05) is 0 Å². The summed E-state index contributed by atoms with van der Waals surface area (Å²) in [6.07, 6.45) is 16.0. The molecule has 0 aromatic rings. The van der Waals surface area contributed by atoms with Crippen LogP contribution < -0.4 is 0 Å². The van der Waals surface area contributed by atoms with Gasteiger partial charge in [-0.2, -0.15) is 0 Å². The van der Waals surface area contributed by atoms with Crippen molar-refractivity contribution < 1.29 is 17.6 Å². The van der Waals surface area contributed by atoms with Gasteiger partial charge in [-0.25, -0.2) is 0 Å². The number of halogens is 2. The molecule has 2 aliphatic carbocycles. The van der Waals surface area contributed by atoms with E-state index in [-0.39, 0.29) is 0 Å². The molecule has 2 rings (SSSR count). The van der Waals surface area contributed by atoms with Crippen molar-refractivity contribution in [2.24, 2.45) is 0 Å². The maximum absolute atomic E-state index is 4.91. The molecular formula is C10H18Cl2Nb. The van der Waals surface area contributed by atoms with Crippen molar-refractivity contribution in [2.75, 3.05) is 0 Å². The second-order valence-electron chi connectivity index (χ2n) is 3.23. The molecule has 0 aromatic heterocycles. The first-order valence-corrected chi connectivity index (χ1v) is 10.6. The molecule has 3 heteroatoms. The molecule has 0 amide bonds. The fraction of sp³-hybridized carbons (Fsp3) is 0.800. The topological polar surface area (TPSA) is 0 Å². The molecule has 0 heterocycles. The van der Waals surface area contributed by atoms with Crippen molar-refractivity contribution in [1.29, 1.82) is 0 Å². The van der Waals surface area contributed by atoms with Gasteiger partial charge in [0.2, 0.25) is 0 Å². The molecule has 0 spiro atoms. The Labute approximate surface area is 99.7 Å². The fourth-order valence-electron chi connectivity index (χ4n) is 1.47. The van der Waals surface area contributed by atoms with Crippen LogP contribution in [0.3, 0.4) is 0 Å². The zero-order valence-corrected chi connectivity index (χ0v) is 11.7. The molecule has 77 valence electrons. The molecule has 13 heavy (non-hydrogen) atoms. The Morgan fingerprint density at radius 1 is 0.692 bits per heavy atom. The van der Waals surface area contributed by atoms with E-state index in [1.165, 1.54) is 51.4 Å². The first kappa shape index (κ1) is 14.3. The van der Waals surface area contributed by atoms with E-state index in [9.17, 15) is 0 Å². The average Bonchev–Trinajstić information content (AvgIpc) is 2.85. The third kappa shape index (κ3) is 13.3. The SMILES string of the molecule is C1CCCC1.[CH]1[CH]CCC1.[Cl][Nb][Cl]. The van der Waals surface area contributed by atoms with Crippen molar-refractivity contribution >= 4 is 18.4 Å². The summed E-state index contributed by atoms with van der Waals surface area (Å²) in [5.74, 6) is 0. The van der Waals surface area contributed by atoms with E-state index in [0.717, 1.165) is 0 Å². The van der Waals surface area contributed by atoms with E-state index in [4.69, 9.17) is 18.4 Å². The van der Waals surface area contributed by atoms with E-state index >= 15 is 0 Å². The third-order valence-corrected chi connectivity index (χ3v) is 2.16. The first-order chi connectivity index (χ1) is 6.41. The van der Waals surface area contributed by atoms with Crippen LogP contribution in [0.2, 0.25) is 0 Å². The van der Waals surface area contributed by atoms with E-state index in [1.807, 2.05) is 0 Å². The standard InChI is InChI=1S/C5H10.C5H8.2ClH.Nb/c2*1-2-4-5-3-1;;;/h1-5H2;1-2H,3-5H2;2*1H;/q;;;;+2/p-2. The van der Waals surface area contributed by atoms with E-state index in [2.05, 4.69) is 12.8 Å². The van der Waals surface area contributed by atoms with Crippen LogP contribution in [0.4, 0.5) is 0 Å². The van der Waals surface area contributed by atoms with Crippen LogP contribution in [-0.4, -0.2) is 0 Å². The molecule has 0 aliphatic heterocycles. The Morgan fingerprint density at radius 3 is 1.15 bits per heavy atom. The Morgan fingerprint density at radius 2 is 1.00 bits per heavy atom. The second kappa shape index (κ2) is 13.3. The van der Waals surface area contributed by atoms with Crippen LogP contribution in [0.1, 0.15) is 51.4 Å². The Kier molecular flexibility index (Phi) is 14.7. The monoisotopic (exact) mass is 301 g/mol. The van der Waals surface area contributed by atoms with E-state index in [0.29, 0.717) is 0 Å².